The summed E-state index contributed by atoms with van der Waals surface area (Å²) in [5.74, 6) is 1.06. The molecule has 3 aromatic rings. The molecule has 5 rings (SSSR count). The molecule has 0 N–H and O–H groups in total. The maximum atomic E-state index is 13.2. The minimum absolute atomic E-state index is 0.164. The number of hydrogen-bond donors (Lipinski definition) is 0. The van der Waals surface area contributed by atoms with E-state index < -0.39 is 0 Å². The lowest BCUT2D eigenvalue weighted by atomic mass is 9.98. The standard InChI is InChI=1S/C26H21ClFNO3/c1-16-12-22-21(14-29(15-31-22)11-10-17-2-6-19(27)7-3-17)26-24(16)25(30)23(32-26)13-18-4-8-20(28)9-5-18/h2-9,12-13H,10-11,14-15H2,1H3/b23-13+. The van der Waals surface area contributed by atoms with Crippen molar-refractivity contribution in [2.75, 3.05) is 13.3 Å². The summed E-state index contributed by atoms with van der Waals surface area (Å²) < 4.78 is 25.3. The Morgan fingerprint density at radius 1 is 1.12 bits per heavy atom. The number of aryl methyl sites for hydroxylation is 1. The summed E-state index contributed by atoms with van der Waals surface area (Å²) >= 11 is 5.97. The summed E-state index contributed by atoms with van der Waals surface area (Å²) in [5.41, 5.74) is 4.17. The van der Waals surface area contributed by atoms with Gasteiger partial charge in [0.1, 0.15) is 24.0 Å². The highest BCUT2D eigenvalue weighted by Crippen LogP contribution is 2.44. The van der Waals surface area contributed by atoms with Gasteiger partial charge in [-0.25, -0.2) is 4.39 Å². The van der Waals surface area contributed by atoms with Crippen LogP contribution in [0.1, 0.15) is 32.6 Å². The number of carbonyl (C=O) groups is 1. The molecule has 0 atom stereocenters. The zero-order valence-electron chi connectivity index (χ0n) is 17.5. The number of ketones is 1. The number of benzene rings is 3. The fraction of sp³-hybridized carbons (Fsp3) is 0.192. The summed E-state index contributed by atoms with van der Waals surface area (Å²) in [6, 6.07) is 15.7. The van der Waals surface area contributed by atoms with Crippen molar-refractivity contribution in [3.05, 3.63) is 99.0 Å². The van der Waals surface area contributed by atoms with Crippen molar-refractivity contribution in [1.82, 2.24) is 4.90 Å². The van der Waals surface area contributed by atoms with Gasteiger partial charge in [-0.1, -0.05) is 35.9 Å². The fourth-order valence-electron chi connectivity index (χ4n) is 4.07. The van der Waals surface area contributed by atoms with Crippen molar-refractivity contribution < 1.29 is 18.7 Å². The quantitative estimate of drug-likeness (QED) is 0.472. The highest BCUT2D eigenvalue weighted by Gasteiger charge is 2.35. The second kappa shape index (κ2) is 8.41. The van der Waals surface area contributed by atoms with Crippen molar-refractivity contribution in [3.8, 4) is 11.5 Å². The van der Waals surface area contributed by atoms with Crippen molar-refractivity contribution in [3.63, 3.8) is 0 Å². The van der Waals surface area contributed by atoms with E-state index in [2.05, 4.69) is 4.90 Å². The van der Waals surface area contributed by atoms with E-state index in [4.69, 9.17) is 21.1 Å². The van der Waals surface area contributed by atoms with Crippen LogP contribution in [-0.4, -0.2) is 24.0 Å². The van der Waals surface area contributed by atoms with Crippen molar-refractivity contribution >= 4 is 23.5 Å². The van der Waals surface area contributed by atoms with E-state index in [1.165, 1.54) is 17.7 Å². The zero-order valence-corrected chi connectivity index (χ0v) is 18.3. The van der Waals surface area contributed by atoms with Crippen LogP contribution in [0.3, 0.4) is 0 Å². The Labute approximate surface area is 190 Å². The Hall–Kier alpha value is -3.15. The first-order chi connectivity index (χ1) is 15.5. The summed E-state index contributed by atoms with van der Waals surface area (Å²) in [6.07, 6.45) is 2.51. The van der Waals surface area contributed by atoms with Crippen LogP contribution in [0.15, 0.2) is 60.4 Å². The first-order valence-electron chi connectivity index (χ1n) is 10.4. The average molecular weight is 450 g/mol. The minimum atomic E-state index is -0.324. The molecule has 0 aromatic heterocycles. The van der Waals surface area contributed by atoms with Crippen LogP contribution in [0, 0.1) is 12.7 Å². The van der Waals surface area contributed by atoms with Crippen LogP contribution in [0.4, 0.5) is 4.39 Å². The molecule has 4 nitrogen and oxygen atoms in total. The van der Waals surface area contributed by atoms with Crippen LogP contribution < -0.4 is 9.47 Å². The van der Waals surface area contributed by atoms with Gasteiger partial charge in [0.25, 0.3) is 0 Å². The number of allylic oxidation sites excluding steroid dienone is 1. The molecule has 2 heterocycles. The number of Topliss-reactive ketones (excluding diaryl/α,β-unsaturated/α-hetero) is 1. The van der Waals surface area contributed by atoms with E-state index in [0.29, 0.717) is 30.2 Å². The summed E-state index contributed by atoms with van der Waals surface area (Å²) in [7, 11) is 0. The van der Waals surface area contributed by atoms with Gasteiger partial charge in [-0.2, -0.15) is 0 Å². The molecule has 0 spiro atoms. The number of nitrogens with zero attached hydrogens (tertiary/aromatic N) is 1. The summed E-state index contributed by atoms with van der Waals surface area (Å²) in [6.45, 7) is 3.79. The number of carbonyl (C=O) groups excluding carboxylic acids is 1. The first kappa shape index (κ1) is 20.7. The van der Waals surface area contributed by atoms with Gasteiger partial charge in [0.05, 0.1) is 11.1 Å². The van der Waals surface area contributed by atoms with E-state index in [1.54, 1.807) is 18.2 Å². The Bertz CT molecular complexity index is 1220. The molecule has 2 aliphatic heterocycles. The normalized spacial score (nSPS) is 16.5. The van der Waals surface area contributed by atoms with Crippen molar-refractivity contribution in [2.45, 2.75) is 19.9 Å². The first-order valence-corrected chi connectivity index (χ1v) is 10.8. The summed E-state index contributed by atoms with van der Waals surface area (Å²) in [4.78, 5) is 15.2. The minimum Gasteiger partial charge on any atom is -0.478 e. The molecule has 0 fully saturated rings. The molecule has 0 unspecified atom stereocenters. The second-order valence-corrected chi connectivity index (χ2v) is 8.50. The van der Waals surface area contributed by atoms with E-state index in [-0.39, 0.29) is 17.4 Å². The molecule has 0 saturated heterocycles. The van der Waals surface area contributed by atoms with Gasteiger partial charge in [0, 0.05) is 18.1 Å². The Morgan fingerprint density at radius 3 is 2.62 bits per heavy atom. The molecule has 162 valence electrons. The summed E-state index contributed by atoms with van der Waals surface area (Å²) in [5, 5.41) is 0.723. The van der Waals surface area contributed by atoms with Crippen LogP contribution in [0.2, 0.25) is 5.02 Å². The lowest BCUT2D eigenvalue weighted by Crippen LogP contribution is -2.33. The van der Waals surface area contributed by atoms with Crippen molar-refractivity contribution in [1.29, 1.82) is 0 Å². The SMILES string of the molecule is Cc1cc2c(c3c1C(=O)/C(=C\c1ccc(F)cc1)O3)CN(CCc1ccc(Cl)cc1)CO2. The predicted octanol–water partition coefficient (Wildman–Crippen LogP) is 5.80. The van der Waals surface area contributed by atoms with E-state index in [1.807, 2.05) is 37.3 Å². The zero-order chi connectivity index (χ0) is 22.2. The lowest BCUT2D eigenvalue weighted by molar-refractivity contribution is 0.0949. The third-order valence-electron chi connectivity index (χ3n) is 5.79. The molecule has 0 bridgehead atoms. The highest BCUT2D eigenvalue weighted by atomic mass is 35.5. The maximum absolute atomic E-state index is 13.2. The Kier molecular flexibility index (Phi) is 5.45. The maximum Gasteiger partial charge on any atom is 0.232 e. The van der Waals surface area contributed by atoms with Gasteiger partial charge in [-0.15, -0.1) is 0 Å². The third-order valence-corrected chi connectivity index (χ3v) is 6.04. The van der Waals surface area contributed by atoms with Crippen molar-refractivity contribution in [2.24, 2.45) is 0 Å². The number of halogens is 2. The smallest absolute Gasteiger partial charge is 0.232 e. The van der Waals surface area contributed by atoms with Gasteiger partial charge >= 0.3 is 0 Å². The van der Waals surface area contributed by atoms with Gasteiger partial charge in [-0.05, 0) is 66.4 Å². The Morgan fingerprint density at radius 2 is 1.88 bits per heavy atom. The number of rotatable bonds is 4. The van der Waals surface area contributed by atoms with Gasteiger partial charge in [0.15, 0.2) is 5.76 Å². The van der Waals surface area contributed by atoms with E-state index in [9.17, 15) is 9.18 Å². The van der Waals surface area contributed by atoms with Crippen LogP contribution in [0.25, 0.3) is 6.08 Å². The van der Waals surface area contributed by atoms with Crippen LogP contribution in [0.5, 0.6) is 11.5 Å². The van der Waals surface area contributed by atoms with E-state index >= 15 is 0 Å². The molecule has 32 heavy (non-hydrogen) atoms. The monoisotopic (exact) mass is 449 g/mol. The molecule has 2 aliphatic rings. The number of hydrogen-bond acceptors (Lipinski definition) is 4. The third kappa shape index (κ3) is 4.01. The second-order valence-electron chi connectivity index (χ2n) is 8.07. The molecule has 3 aromatic carbocycles. The van der Waals surface area contributed by atoms with Gasteiger partial charge in [-0.3, -0.25) is 9.69 Å². The van der Waals surface area contributed by atoms with Crippen LogP contribution in [-0.2, 0) is 13.0 Å². The highest BCUT2D eigenvalue weighted by molar-refractivity contribution is 6.30. The predicted molar refractivity (Wildman–Crippen MR) is 122 cm³/mol. The molecule has 0 saturated carbocycles. The largest absolute Gasteiger partial charge is 0.478 e. The molecule has 0 amide bonds. The number of fused-ring (bicyclic) bond motifs is 3. The van der Waals surface area contributed by atoms with E-state index in [0.717, 1.165) is 34.9 Å². The molecule has 6 heteroatoms. The van der Waals surface area contributed by atoms with Gasteiger partial charge in [0.2, 0.25) is 5.78 Å². The molecular formula is C26H21ClFNO3. The molecule has 0 radical (unpaired) electrons. The molecule has 0 aliphatic carbocycles. The lowest BCUT2D eigenvalue weighted by Gasteiger charge is -2.30. The Balaban J connectivity index is 1.39. The van der Waals surface area contributed by atoms with Crippen LogP contribution >= 0.6 is 11.6 Å². The topological polar surface area (TPSA) is 38.8 Å². The molecular weight excluding hydrogens is 429 g/mol. The number of ether oxygens (including phenoxy) is 2. The fourth-order valence-corrected chi connectivity index (χ4v) is 4.19. The average Bonchev–Trinajstić information content (AvgIpc) is 3.12. The van der Waals surface area contributed by atoms with Gasteiger partial charge < -0.3 is 9.47 Å².